The van der Waals surface area contributed by atoms with E-state index in [2.05, 4.69) is 6.92 Å². The molecule has 0 aromatic rings. The molecule has 0 unspecified atom stereocenters. The van der Waals surface area contributed by atoms with Crippen LogP contribution in [0, 0.1) is 0 Å². The minimum absolute atomic E-state index is 0.0314. The topological polar surface area (TPSA) is 52.3 Å². The van der Waals surface area contributed by atoms with Gasteiger partial charge in [-0.25, -0.2) is 0 Å². The van der Waals surface area contributed by atoms with E-state index in [-0.39, 0.29) is 18.9 Å². The lowest BCUT2D eigenvalue weighted by molar-refractivity contribution is -0.122. The van der Waals surface area contributed by atoms with Crippen LogP contribution < -0.4 is 5.73 Å². The smallest absolute Gasteiger partial charge is 0.171 e. The summed E-state index contributed by atoms with van der Waals surface area (Å²) in [5, 5.41) is 0. The summed E-state index contributed by atoms with van der Waals surface area (Å²) >= 11 is 0. The zero-order valence-electron chi connectivity index (χ0n) is 6.43. The molecule has 2 N–H and O–H groups in total. The van der Waals surface area contributed by atoms with Gasteiger partial charge in [-0.15, -0.1) is 0 Å². The lowest BCUT2D eigenvalue weighted by Crippen LogP contribution is -2.19. The molecule has 0 aliphatic carbocycles. The van der Waals surface area contributed by atoms with E-state index in [1.54, 1.807) is 0 Å². The van der Waals surface area contributed by atoms with Gasteiger partial charge in [-0.3, -0.25) is 4.79 Å². The molecule has 0 rings (SSSR count). The standard InChI is InChI=1S/C7H15NO2/c1-2-3-4-10-6-7(9)5-8/h2-6,8H2,1H3. The molecule has 0 aliphatic rings. The molecule has 0 heterocycles. The van der Waals surface area contributed by atoms with Crippen LogP contribution in [0.2, 0.25) is 0 Å². The number of hydrogen-bond donors (Lipinski definition) is 1. The molecule has 0 spiro atoms. The molecule has 0 saturated heterocycles. The van der Waals surface area contributed by atoms with Gasteiger partial charge in [-0.05, 0) is 6.42 Å². The number of carbonyl (C=O) groups is 1. The first-order valence-electron chi connectivity index (χ1n) is 3.60. The SMILES string of the molecule is CCCCOCC(=O)CN. The van der Waals surface area contributed by atoms with Crippen LogP contribution in [0.4, 0.5) is 0 Å². The third kappa shape index (κ3) is 5.72. The van der Waals surface area contributed by atoms with Gasteiger partial charge in [0.2, 0.25) is 0 Å². The van der Waals surface area contributed by atoms with Crippen molar-refractivity contribution in [3.63, 3.8) is 0 Å². The number of hydrogen-bond acceptors (Lipinski definition) is 3. The molecule has 3 nitrogen and oxygen atoms in total. The van der Waals surface area contributed by atoms with Crippen molar-refractivity contribution >= 4 is 5.78 Å². The van der Waals surface area contributed by atoms with Crippen molar-refractivity contribution in [1.29, 1.82) is 0 Å². The first-order valence-corrected chi connectivity index (χ1v) is 3.60. The summed E-state index contributed by atoms with van der Waals surface area (Å²) in [5.74, 6) is -0.0314. The van der Waals surface area contributed by atoms with Gasteiger partial charge >= 0.3 is 0 Å². The average molecular weight is 145 g/mol. The van der Waals surface area contributed by atoms with Crippen molar-refractivity contribution in [1.82, 2.24) is 0 Å². The molecule has 60 valence electrons. The fourth-order valence-electron chi connectivity index (χ4n) is 0.491. The van der Waals surface area contributed by atoms with Crippen LogP contribution in [0.5, 0.6) is 0 Å². The van der Waals surface area contributed by atoms with Crippen LogP contribution in [-0.2, 0) is 9.53 Å². The fraction of sp³-hybridized carbons (Fsp3) is 0.857. The number of ketones is 1. The van der Waals surface area contributed by atoms with E-state index >= 15 is 0 Å². The number of Topliss-reactive ketones (excluding diaryl/α,β-unsaturated/α-hetero) is 1. The molecule has 3 heteroatoms. The fourth-order valence-corrected chi connectivity index (χ4v) is 0.491. The van der Waals surface area contributed by atoms with Crippen molar-refractivity contribution in [3.8, 4) is 0 Å². The molecular formula is C7H15NO2. The minimum atomic E-state index is -0.0314. The average Bonchev–Trinajstić information content (AvgIpc) is 1.98. The Morgan fingerprint density at radius 3 is 2.80 bits per heavy atom. The van der Waals surface area contributed by atoms with Crippen LogP contribution >= 0.6 is 0 Å². The van der Waals surface area contributed by atoms with Crippen molar-refractivity contribution in [3.05, 3.63) is 0 Å². The Labute approximate surface area is 61.5 Å². The molecule has 10 heavy (non-hydrogen) atoms. The van der Waals surface area contributed by atoms with E-state index in [1.165, 1.54) is 0 Å². The Kier molecular flexibility index (Phi) is 6.43. The van der Waals surface area contributed by atoms with E-state index in [0.717, 1.165) is 12.8 Å². The van der Waals surface area contributed by atoms with Gasteiger partial charge in [0.15, 0.2) is 5.78 Å². The Bertz CT molecular complexity index is 93.6. The first-order chi connectivity index (χ1) is 4.81. The number of ether oxygens (including phenoxy) is 1. The predicted octanol–water partition coefficient (Wildman–Crippen LogP) is 0.331. The number of nitrogens with two attached hydrogens (primary N) is 1. The van der Waals surface area contributed by atoms with Crippen LogP contribution in [0.25, 0.3) is 0 Å². The number of rotatable bonds is 6. The molecule has 0 fully saturated rings. The van der Waals surface area contributed by atoms with Gasteiger partial charge < -0.3 is 10.5 Å². The van der Waals surface area contributed by atoms with E-state index < -0.39 is 0 Å². The highest BCUT2D eigenvalue weighted by Crippen LogP contribution is 1.86. The minimum Gasteiger partial charge on any atom is -0.374 e. The highest BCUT2D eigenvalue weighted by molar-refractivity contribution is 5.81. The van der Waals surface area contributed by atoms with Crippen LogP contribution in [0.3, 0.4) is 0 Å². The maximum Gasteiger partial charge on any atom is 0.171 e. The summed E-state index contributed by atoms with van der Waals surface area (Å²) in [5.41, 5.74) is 5.06. The van der Waals surface area contributed by atoms with Crippen molar-refractivity contribution in [2.75, 3.05) is 19.8 Å². The van der Waals surface area contributed by atoms with E-state index in [9.17, 15) is 4.79 Å². The predicted molar refractivity (Wildman–Crippen MR) is 39.8 cm³/mol. The normalized spacial score (nSPS) is 9.80. The van der Waals surface area contributed by atoms with Crippen molar-refractivity contribution < 1.29 is 9.53 Å². The first kappa shape index (κ1) is 9.59. The molecule has 0 aliphatic heterocycles. The monoisotopic (exact) mass is 145 g/mol. The van der Waals surface area contributed by atoms with Crippen molar-refractivity contribution in [2.45, 2.75) is 19.8 Å². The molecule has 0 aromatic heterocycles. The number of carbonyl (C=O) groups excluding carboxylic acids is 1. The lowest BCUT2D eigenvalue weighted by Gasteiger charge is -1.99. The summed E-state index contributed by atoms with van der Waals surface area (Å²) < 4.78 is 5.00. The second-order valence-electron chi connectivity index (χ2n) is 2.15. The van der Waals surface area contributed by atoms with E-state index in [1.807, 2.05) is 0 Å². The highest BCUT2D eigenvalue weighted by Gasteiger charge is 1.95. The third-order valence-corrected chi connectivity index (χ3v) is 1.13. The lowest BCUT2D eigenvalue weighted by atomic mass is 10.3. The Morgan fingerprint density at radius 1 is 1.60 bits per heavy atom. The maximum atomic E-state index is 10.5. The Balaban J connectivity index is 2.96. The van der Waals surface area contributed by atoms with E-state index in [4.69, 9.17) is 10.5 Å². The summed E-state index contributed by atoms with van der Waals surface area (Å²) in [7, 11) is 0. The van der Waals surface area contributed by atoms with Gasteiger partial charge in [-0.1, -0.05) is 13.3 Å². The molecular weight excluding hydrogens is 130 g/mol. The Morgan fingerprint density at radius 2 is 2.30 bits per heavy atom. The summed E-state index contributed by atoms with van der Waals surface area (Å²) in [4.78, 5) is 10.5. The molecule has 0 aromatic carbocycles. The second kappa shape index (κ2) is 6.71. The van der Waals surface area contributed by atoms with Crippen LogP contribution in [-0.4, -0.2) is 25.5 Å². The van der Waals surface area contributed by atoms with Gasteiger partial charge in [0.1, 0.15) is 6.61 Å². The largest absolute Gasteiger partial charge is 0.374 e. The van der Waals surface area contributed by atoms with Gasteiger partial charge in [0.05, 0.1) is 6.54 Å². The van der Waals surface area contributed by atoms with Gasteiger partial charge in [-0.2, -0.15) is 0 Å². The molecule has 0 radical (unpaired) electrons. The number of unbranched alkanes of at least 4 members (excludes halogenated alkanes) is 1. The quantitative estimate of drug-likeness (QED) is 0.548. The van der Waals surface area contributed by atoms with Crippen LogP contribution in [0.1, 0.15) is 19.8 Å². The Hall–Kier alpha value is -0.410. The summed E-state index contributed by atoms with van der Waals surface area (Å²) in [6.45, 7) is 3.01. The van der Waals surface area contributed by atoms with Gasteiger partial charge in [0, 0.05) is 6.61 Å². The molecule has 0 saturated carbocycles. The van der Waals surface area contributed by atoms with Crippen molar-refractivity contribution in [2.24, 2.45) is 5.73 Å². The van der Waals surface area contributed by atoms with Crippen LogP contribution in [0.15, 0.2) is 0 Å². The summed E-state index contributed by atoms with van der Waals surface area (Å²) in [6.07, 6.45) is 2.11. The third-order valence-electron chi connectivity index (χ3n) is 1.13. The molecule has 0 amide bonds. The van der Waals surface area contributed by atoms with Gasteiger partial charge in [0.25, 0.3) is 0 Å². The second-order valence-corrected chi connectivity index (χ2v) is 2.15. The maximum absolute atomic E-state index is 10.5. The summed E-state index contributed by atoms with van der Waals surface area (Å²) in [6, 6.07) is 0. The highest BCUT2D eigenvalue weighted by atomic mass is 16.5. The molecule has 0 bridgehead atoms. The zero-order chi connectivity index (χ0) is 7.82. The molecule has 0 atom stereocenters. The van der Waals surface area contributed by atoms with E-state index in [0.29, 0.717) is 6.61 Å². The zero-order valence-corrected chi connectivity index (χ0v) is 6.43.